The molecule has 0 saturated carbocycles. The van der Waals surface area contributed by atoms with Crippen LogP contribution in [0.2, 0.25) is 0 Å². The topological polar surface area (TPSA) is 97.6 Å². The Hall–Kier alpha value is -1.96. The molecule has 1 aromatic rings. The number of nitro groups is 1. The van der Waals surface area contributed by atoms with Crippen LogP contribution in [0.25, 0.3) is 0 Å². The van der Waals surface area contributed by atoms with Gasteiger partial charge in [0.15, 0.2) is 9.84 Å². The summed E-state index contributed by atoms with van der Waals surface area (Å²) >= 11 is 0. The van der Waals surface area contributed by atoms with Crippen molar-refractivity contribution >= 4 is 21.4 Å². The third kappa shape index (κ3) is 3.92. The molecule has 0 N–H and O–H groups in total. The molecule has 7 nitrogen and oxygen atoms in total. The summed E-state index contributed by atoms with van der Waals surface area (Å²) in [5.74, 6) is -0.274. The molecular weight excluding hydrogens is 332 g/mol. The van der Waals surface area contributed by atoms with E-state index in [0.29, 0.717) is 18.5 Å². The van der Waals surface area contributed by atoms with Gasteiger partial charge in [0.1, 0.15) is 0 Å². The lowest BCUT2D eigenvalue weighted by atomic mass is 10.0. The van der Waals surface area contributed by atoms with Crippen molar-refractivity contribution in [3.8, 4) is 0 Å². The first-order valence-electron chi connectivity index (χ1n) is 8.02. The Morgan fingerprint density at radius 2 is 2.12 bits per heavy atom. The van der Waals surface area contributed by atoms with Crippen molar-refractivity contribution in [3.63, 3.8) is 0 Å². The average molecular weight is 354 g/mol. The van der Waals surface area contributed by atoms with Crippen LogP contribution in [0.5, 0.6) is 0 Å². The largest absolute Gasteiger partial charge is 0.335 e. The van der Waals surface area contributed by atoms with E-state index in [1.807, 2.05) is 6.92 Å². The maximum atomic E-state index is 13.0. The maximum Gasteiger partial charge on any atom is 0.273 e. The molecule has 1 unspecified atom stereocenters. The lowest BCUT2D eigenvalue weighted by molar-refractivity contribution is -0.385. The van der Waals surface area contributed by atoms with Gasteiger partial charge in [-0.25, -0.2) is 8.42 Å². The number of rotatable bonds is 6. The van der Waals surface area contributed by atoms with Crippen LogP contribution in [0.3, 0.4) is 0 Å². The first kappa shape index (κ1) is 18.4. The molecular formula is C16H22N2O5S. The van der Waals surface area contributed by atoms with Crippen LogP contribution in [-0.4, -0.2) is 48.2 Å². The van der Waals surface area contributed by atoms with Gasteiger partial charge in [-0.2, -0.15) is 0 Å². The molecule has 0 radical (unpaired) electrons. The Morgan fingerprint density at radius 1 is 1.42 bits per heavy atom. The average Bonchev–Trinajstić information content (AvgIpc) is 2.87. The van der Waals surface area contributed by atoms with Gasteiger partial charge in [0.05, 0.1) is 16.4 Å². The van der Waals surface area contributed by atoms with Crippen molar-refractivity contribution in [2.24, 2.45) is 0 Å². The van der Waals surface area contributed by atoms with Gasteiger partial charge in [-0.3, -0.25) is 14.9 Å². The Balaban J connectivity index is 2.35. The molecule has 1 fully saturated rings. The number of nitro benzene ring substituents is 1. The minimum Gasteiger partial charge on any atom is -0.335 e. The molecule has 1 aromatic carbocycles. The van der Waals surface area contributed by atoms with Crippen molar-refractivity contribution in [1.29, 1.82) is 0 Å². The fourth-order valence-corrected chi connectivity index (χ4v) is 4.74. The molecule has 1 aliphatic heterocycles. The molecule has 1 atom stereocenters. The van der Waals surface area contributed by atoms with Gasteiger partial charge < -0.3 is 4.90 Å². The first-order chi connectivity index (χ1) is 11.3. The Labute approximate surface area is 141 Å². The molecule has 0 aliphatic carbocycles. The Bertz CT molecular complexity index is 745. The van der Waals surface area contributed by atoms with E-state index in [2.05, 4.69) is 0 Å². The van der Waals surface area contributed by atoms with E-state index in [0.717, 1.165) is 12.8 Å². The predicted molar refractivity (Wildman–Crippen MR) is 90.8 cm³/mol. The summed E-state index contributed by atoms with van der Waals surface area (Å²) in [7, 11) is -3.12. The van der Waals surface area contributed by atoms with E-state index in [4.69, 9.17) is 0 Å². The van der Waals surface area contributed by atoms with Gasteiger partial charge in [0.2, 0.25) is 0 Å². The normalized spacial score (nSPS) is 19.2. The SMILES string of the molecule is CCCCN(C(=O)c1cccc([N+](=O)[O-])c1C)C1CCS(=O)(=O)C1. The second kappa shape index (κ2) is 7.29. The van der Waals surface area contributed by atoms with Crippen molar-refractivity contribution in [2.45, 2.75) is 39.2 Å². The number of unbranched alkanes of at least 4 members (excludes halogenated alkanes) is 1. The molecule has 0 bridgehead atoms. The minimum atomic E-state index is -3.12. The van der Waals surface area contributed by atoms with E-state index < -0.39 is 14.8 Å². The molecule has 24 heavy (non-hydrogen) atoms. The van der Waals surface area contributed by atoms with Crippen LogP contribution in [-0.2, 0) is 9.84 Å². The van der Waals surface area contributed by atoms with Crippen molar-refractivity contribution in [1.82, 2.24) is 4.90 Å². The van der Waals surface area contributed by atoms with E-state index in [-0.39, 0.29) is 34.7 Å². The Morgan fingerprint density at radius 3 is 2.67 bits per heavy atom. The molecule has 8 heteroatoms. The number of carbonyl (C=O) groups excluding carboxylic acids is 1. The molecule has 1 saturated heterocycles. The van der Waals surface area contributed by atoms with E-state index in [1.54, 1.807) is 17.9 Å². The Kier molecular flexibility index (Phi) is 5.58. The van der Waals surface area contributed by atoms with Gasteiger partial charge in [0, 0.05) is 29.8 Å². The smallest absolute Gasteiger partial charge is 0.273 e. The maximum absolute atomic E-state index is 13.0. The van der Waals surface area contributed by atoms with E-state index in [1.165, 1.54) is 12.1 Å². The minimum absolute atomic E-state index is 0.0313. The number of amides is 1. The molecule has 2 rings (SSSR count). The monoisotopic (exact) mass is 354 g/mol. The van der Waals surface area contributed by atoms with Crippen LogP contribution >= 0.6 is 0 Å². The van der Waals surface area contributed by atoms with E-state index >= 15 is 0 Å². The van der Waals surface area contributed by atoms with Gasteiger partial charge >= 0.3 is 0 Å². The summed E-state index contributed by atoms with van der Waals surface area (Å²) in [6.45, 7) is 4.00. The van der Waals surface area contributed by atoms with Crippen molar-refractivity contribution < 1.29 is 18.1 Å². The number of nitrogens with zero attached hydrogens (tertiary/aromatic N) is 2. The highest BCUT2D eigenvalue weighted by atomic mass is 32.2. The molecule has 1 amide bonds. The standard InChI is InChI=1S/C16H22N2O5S/c1-3-4-9-17(13-8-10-24(22,23)11-13)16(19)14-6-5-7-15(12(14)2)18(20)21/h5-7,13H,3-4,8-11H2,1-2H3. The molecule has 0 aromatic heterocycles. The fourth-order valence-electron chi connectivity index (χ4n) is 3.01. The van der Waals surface area contributed by atoms with Crippen molar-refractivity contribution in [3.05, 3.63) is 39.4 Å². The zero-order chi connectivity index (χ0) is 17.9. The van der Waals surface area contributed by atoms with Gasteiger partial charge in [-0.05, 0) is 25.8 Å². The van der Waals surface area contributed by atoms with Crippen LogP contribution in [0.1, 0.15) is 42.1 Å². The molecule has 1 heterocycles. The highest BCUT2D eigenvalue weighted by Crippen LogP contribution is 2.25. The lowest BCUT2D eigenvalue weighted by Gasteiger charge is -2.28. The zero-order valence-electron chi connectivity index (χ0n) is 13.9. The second-order valence-corrected chi connectivity index (χ2v) is 8.34. The second-order valence-electron chi connectivity index (χ2n) is 6.12. The summed E-state index contributed by atoms with van der Waals surface area (Å²) < 4.78 is 23.5. The summed E-state index contributed by atoms with van der Waals surface area (Å²) in [5, 5.41) is 11.1. The molecule has 0 spiro atoms. The zero-order valence-corrected chi connectivity index (χ0v) is 14.7. The third-order valence-electron chi connectivity index (χ3n) is 4.39. The number of hydrogen-bond acceptors (Lipinski definition) is 5. The van der Waals surface area contributed by atoms with E-state index in [9.17, 15) is 23.3 Å². The third-order valence-corrected chi connectivity index (χ3v) is 6.15. The highest BCUT2D eigenvalue weighted by Gasteiger charge is 2.35. The van der Waals surface area contributed by atoms with Gasteiger partial charge in [0.25, 0.3) is 11.6 Å². The molecule has 132 valence electrons. The number of sulfone groups is 1. The number of benzene rings is 1. The summed E-state index contributed by atoms with van der Waals surface area (Å²) in [6, 6.07) is 4.06. The summed E-state index contributed by atoms with van der Waals surface area (Å²) in [4.78, 5) is 25.1. The van der Waals surface area contributed by atoms with Crippen LogP contribution in [0, 0.1) is 17.0 Å². The quantitative estimate of drug-likeness (QED) is 0.577. The van der Waals surface area contributed by atoms with Crippen LogP contribution in [0.4, 0.5) is 5.69 Å². The highest BCUT2D eigenvalue weighted by molar-refractivity contribution is 7.91. The number of hydrogen-bond donors (Lipinski definition) is 0. The number of carbonyl (C=O) groups is 1. The summed E-state index contributed by atoms with van der Waals surface area (Å²) in [5.41, 5.74) is 0.481. The predicted octanol–water partition coefficient (Wildman–Crippen LogP) is 2.33. The van der Waals surface area contributed by atoms with Crippen molar-refractivity contribution in [2.75, 3.05) is 18.1 Å². The lowest BCUT2D eigenvalue weighted by Crippen LogP contribution is -2.42. The van der Waals surface area contributed by atoms with Gasteiger partial charge in [-0.1, -0.05) is 19.4 Å². The molecule has 1 aliphatic rings. The first-order valence-corrected chi connectivity index (χ1v) is 9.84. The van der Waals surface area contributed by atoms with Gasteiger partial charge in [-0.15, -0.1) is 0 Å². The summed E-state index contributed by atoms with van der Waals surface area (Å²) in [6.07, 6.45) is 2.05. The van der Waals surface area contributed by atoms with Crippen LogP contribution in [0.15, 0.2) is 18.2 Å². The fraction of sp³-hybridized carbons (Fsp3) is 0.562. The van der Waals surface area contributed by atoms with Crippen LogP contribution < -0.4 is 0 Å².